The maximum Gasteiger partial charge on any atom is 0.202 e. The minimum Gasteiger partial charge on any atom is -1.00 e. The van der Waals surface area contributed by atoms with Gasteiger partial charge in [-0.1, -0.05) is 30.3 Å². The summed E-state index contributed by atoms with van der Waals surface area (Å²) in [4.78, 5) is 0. The smallest absolute Gasteiger partial charge is 0.202 e. The lowest BCUT2D eigenvalue weighted by molar-refractivity contribution is -0.683. The normalized spacial score (nSPS) is 10.6. The van der Waals surface area contributed by atoms with Gasteiger partial charge in [0.15, 0.2) is 5.69 Å². The highest BCUT2D eigenvalue weighted by Crippen LogP contribution is 2.24. The number of halogens is 1. The molecule has 0 saturated heterocycles. The summed E-state index contributed by atoms with van der Waals surface area (Å²) in [7, 11) is 2.13. The first-order chi connectivity index (χ1) is 9.09. The van der Waals surface area contributed by atoms with Crippen molar-refractivity contribution < 1.29 is 28.5 Å². The largest absolute Gasteiger partial charge is 1.00 e. The van der Waals surface area contributed by atoms with E-state index in [1.807, 2.05) is 0 Å². The average Bonchev–Trinajstić information content (AvgIpc) is 2.89. The van der Waals surface area contributed by atoms with Crippen molar-refractivity contribution in [3.8, 4) is 11.1 Å². The summed E-state index contributed by atoms with van der Waals surface area (Å²) in [5, 5.41) is 0. The maximum absolute atomic E-state index is 2.30. The molecule has 0 aliphatic carbocycles. The Hall–Kier alpha value is -1.36. The minimum atomic E-state index is 0. The Labute approximate surface area is 137 Å². The van der Waals surface area contributed by atoms with Gasteiger partial charge in [0.25, 0.3) is 0 Å². The fourth-order valence-electron chi connectivity index (χ4n) is 2.65. The van der Waals surface area contributed by atoms with Crippen LogP contribution in [0.3, 0.4) is 0 Å². The van der Waals surface area contributed by atoms with E-state index in [1.54, 1.807) is 0 Å². The Morgan fingerprint density at radius 1 is 0.900 bits per heavy atom. The van der Waals surface area contributed by atoms with Crippen molar-refractivity contribution in [2.75, 3.05) is 0 Å². The summed E-state index contributed by atoms with van der Waals surface area (Å²) in [5.74, 6) is 0. The van der Waals surface area contributed by atoms with Gasteiger partial charge in [-0.25, -0.2) is 0 Å². The molecule has 0 fully saturated rings. The van der Waals surface area contributed by atoms with Crippen LogP contribution in [-0.4, -0.2) is 4.40 Å². The molecule has 0 saturated carbocycles. The first-order valence-corrected chi connectivity index (χ1v) is 6.63. The van der Waals surface area contributed by atoms with Crippen LogP contribution < -0.4 is 28.5 Å². The van der Waals surface area contributed by atoms with Crippen molar-refractivity contribution in [2.45, 2.75) is 20.8 Å². The third-order valence-corrected chi connectivity index (χ3v) is 4.19. The molecular formula is C17H19IN2. The van der Waals surface area contributed by atoms with E-state index in [2.05, 4.69) is 79.4 Å². The van der Waals surface area contributed by atoms with Crippen LogP contribution in [0.2, 0.25) is 0 Å². The molecule has 0 aliphatic rings. The van der Waals surface area contributed by atoms with Gasteiger partial charge in [-0.3, -0.25) is 0 Å². The van der Waals surface area contributed by atoms with E-state index in [4.69, 9.17) is 0 Å². The van der Waals surface area contributed by atoms with Crippen LogP contribution in [0.15, 0.2) is 42.6 Å². The second-order valence-electron chi connectivity index (χ2n) is 5.17. The number of rotatable bonds is 1. The maximum atomic E-state index is 2.30. The zero-order valence-electron chi connectivity index (χ0n) is 12.3. The molecular weight excluding hydrogens is 359 g/mol. The summed E-state index contributed by atoms with van der Waals surface area (Å²) in [6.45, 7) is 6.52. The molecule has 104 valence electrons. The van der Waals surface area contributed by atoms with Crippen molar-refractivity contribution in [3.05, 3.63) is 59.7 Å². The highest BCUT2D eigenvalue weighted by atomic mass is 127. The molecule has 2 heterocycles. The van der Waals surface area contributed by atoms with Gasteiger partial charge in [0.2, 0.25) is 5.69 Å². The molecule has 3 aromatic rings. The summed E-state index contributed by atoms with van der Waals surface area (Å²) in [6.07, 6.45) is 2.24. The quantitative estimate of drug-likeness (QED) is 0.427. The fraction of sp³-hybridized carbons (Fsp3) is 0.235. The van der Waals surface area contributed by atoms with Crippen LogP contribution in [0, 0.1) is 20.8 Å². The highest BCUT2D eigenvalue weighted by molar-refractivity contribution is 5.71. The Morgan fingerprint density at radius 2 is 1.55 bits per heavy atom. The second-order valence-corrected chi connectivity index (χ2v) is 5.17. The van der Waals surface area contributed by atoms with Crippen LogP contribution in [0.5, 0.6) is 0 Å². The number of benzene rings is 1. The lowest BCUT2D eigenvalue weighted by Crippen LogP contribution is -3.00. The molecule has 0 radical (unpaired) electrons. The first-order valence-electron chi connectivity index (χ1n) is 6.63. The minimum absolute atomic E-state index is 0. The standard InChI is InChI=1S/C17H19N2.HI/c1-12-13(2)19-11-16(15-8-6-5-7-9-15)10-17(19)14(3)18(12)4;/h5-11H,1-4H3;1H/q+1;/p-1. The Balaban J connectivity index is 0.00000147. The molecule has 3 heteroatoms. The zero-order chi connectivity index (χ0) is 13.6. The van der Waals surface area contributed by atoms with Gasteiger partial charge < -0.3 is 28.4 Å². The van der Waals surface area contributed by atoms with Crippen molar-refractivity contribution >= 4 is 5.52 Å². The Morgan fingerprint density at radius 3 is 2.20 bits per heavy atom. The number of fused-ring (bicyclic) bond motifs is 1. The van der Waals surface area contributed by atoms with E-state index in [-0.39, 0.29) is 24.0 Å². The Bertz CT molecular complexity index is 713. The molecule has 1 aromatic carbocycles. The molecule has 2 nitrogen and oxygen atoms in total. The lowest BCUT2D eigenvalue weighted by Gasteiger charge is -2.06. The third-order valence-electron chi connectivity index (χ3n) is 4.19. The van der Waals surface area contributed by atoms with Crippen molar-refractivity contribution in [3.63, 3.8) is 0 Å². The van der Waals surface area contributed by atoms with E-state index in [0.29, 0.717) is 0 Å². The van der Waals surface area contributed by atoms with Gasteiger partial charge in [0.1, 0.15) is 12.6 Å². The molecule has 0 aliphatic heterocycles. The van der Waals surface area contributed by atoms with Crippen LogP contribution in [0.25, 0.3) is 16.6 Å². The number of aromatic nitrogens is 2. The summed E-state index contributed by atoms with van der Waals surface area (Å²) in [6, 6.07) is 12.8. The predicted octanol–water partition coefficient (Wildman–Crippen LogP) is 0.360. The molecule has 2 aromatic heterocycles. The van der Waals surface area contributed by atoms with Crippen molar-refractivity contribution in [1.29, 1.82) is 0 Å². The zero-order valence-corrected chi connectivity index (χ0v) is 14.5. The molecule has 3 rings (SSSR count). The van der Waals surface area contributed by atoms with Gasteiger partial charge in [-0.2, -0.15) is 4.57 Å². The van der Waals surface area contributed by atoms with Gasteiger partial charge in [0, 0.05) is 25.6 Å². The molecule has 0 bridgehead atoms. The Kier molecular flexibility index (Phi) is 4.18. The van der Waals surface area contributed by atoms with Crippen molar-refractivity contribution in [2.24, 2.45) is 7.05 Å². The highest BCUT2D eigenvalue weighted by Gasteiger charge is 2.17. The van der Waals surface area contributed by atoms with Crippen LogP contribution in [0.1, 0.15) is 17.1 Å². The lowest BCUT2D eigenvalue weighted by atomic mass is 10.1. The van der Waals surface area contributed by atoms with Crippen LogP contribution in [-0.2, 0) is 7.05 Å². The van der Waals surface area contributed by atoms with E-state index < -0.39 is 0 Å². The first kappa shape index (κ1) is 15.0. The molecule has 20 heavy (non-hydrogen) atoms. The SMILES string of the molecule is Cc1c(C)[n+](C)c(C)c2cc(-c3ccccc3)cn12.[I-]. The monoisotopic (exact) mass is 378 g/mol. The molecule has 0 unspecified atom stereocenters. The fourth-order valence-corrected chi connectivity index (χ4v) is 2.65. The average molecular weight is 378 g/mol. The molecule has 0 atom stereocenters. The molecule has 0 N–H and O–H groups in total. The summed E-state index contributed by atoms with van der Waals surface area (Å²) < 4.78 is 4.56. The summed E-state index contributed by atoms with van der Waals surface area (Å²) >= 11 is 0. The van der Waals surface area contributed by atoms with Gasteiger partial charge >= 0.3 is 0 Å². The van der Waals surface area contributed by atoms with E-state index in [0.717, 1.165) is 0 Å². The van der Waals surface area contributed by atoms with Gasteiger partial charge in [-0.15, -0.1) is 0 Å². The number of hydrogen-bond donors (Lipinski definition) is 0. The van der Waals surface area contributed by atoms with E-state index in [9.17, 15) is 0 Å². The number of aryl methyl sites for hydroxylation is 2. The van der Waals surface area contributed by atoms with Crippen molar-refractivity contribution in [1.82, 2.24) is 4.40 Å². The van der Waals surface area contributed by atoms with E-state index >= 15 is 0 Å². The van der Waals surface area contributed by atoms with Crippen LogP contribution in [0.4, 0.5) is 0 Å². The van der Waals surface area contributed by atoms with E-state index in [1.165, 1.54) is 33.7 Å². The van der Waals surface area contributed by atoms with Gasteiger partial charge in [0.05, 0.1) is 5.69 Å². The van der Waals surface area contributed by atoms with Gasteiger partial charge in [-0.05, 0) is 18.6 Å². The summed E-state index contributed by atoms with van der Waals surface area (Å²) in [5.41, 5.74) is 7.72. The third kappa shape index (κ3) is 2.24. The predicted molar refractivity (Wildman–Crippen MR) is 78.2 cm³/mol. The number of hydrogen-bond acceptors (Lipinski definition) is 0. The number of nitrogens with zero attached hydrogens (tertiary/aromatic N) is 2. The second kappa shape index (κ2) is 5.56. The molecule has 0 amide bonds. The topological polar surface area (TPSA) is 8.29 Å². The molecule has 0 spiro atoms. The van der Waals surface area contributed by atoms with Crippen LogP contribution >= 0.6 is 0 Å².